The highest BCUT2D eigenvalue weighted by molar-refractivity contribution is 6.29. The first-order chi connectivity index (χ1) is 5.94. The summed E-state index contributed by atoms with van der Waals surface area (Å²) in [5.41, 5.74) is 3.64. The van der Waals surface area contributed by atoms with E-state index in [1.165, 1.54) is 0 Å². The molecule has 0 aliphatic heterocycles. The highest BCUT2D eigenvalue weighted by atomic mass is 35.5. The van der Waals surface area contributed by atoms with Gasteiger partial charge in [-0.2, -0.15) is 8.78 Å². The van der Waals surface area contributed by atoms with Crippen LogP contribution in [0.15, 0.2) is 12.4 Å². The van der Waals surface area contributed by atoms with Crippen LogP contribution in [0.25, 0.3) is 0 Å². The molecule has 1 aromatic heterocycles. The molecule has 0 spiro atoms. The summed E-state index contributed by atoms with van der Waals surface area (Å²) in [5, 5.41) is -0.0379. The predicted octanol–water partition coefficient (Wildman–Crippen LogP) is 0.707. The summed E-state index contributed by atoms with van der Waals surface area (Å²) in [6, 6.07) is 0. The molecule has 4 nitrogen and oxygen atoms in total. The minimum absolute atomic E-state index is 0.0379. The Kier molecular flexibility index (Phi) is 2.42. The smallest absolute Gasteiger partial charge is 0.364 e. The van der Waals surface area contributed by atoms with Crippen LogP contribution in [-0.4, -0.2) is 15.9 Å². The van der Waals surface area contributed by atoms with Gasteiger partial charge in [0.15, 0.2) is 0 Å². The maximum Gasteiger partial charge on any atom is 0.367 e. The van der Waals surface area contributed by atoms with Crippen molar-refractivity contribution in [1.82, 2.24) is 9.97 Å². The quantitative estimate of drug-likeness (QED) is 0.777. The second kappa shape index (κ2) is 3.21. The number of carbonyl (C=O) groups is 1. The van der Waals surface area contributed by atoms with E-state index in [-0.39, 0.29) is 5.15 Å². The summed E-state index contributed by atoms with van der Waals surface area (Å²) < 4.78 is 25.6. The Morgan fingerprint density at radius 3 is 2.46 bits per heavy atom. The lowest BCUT2D eigenvalue weighted by Gasteiger charge is -2.09. The SMILES string of the molecule is NC(=O)C(F)(F)c1cnc(Cl)cn1. The van der Waals surface area contributed by atoms with Gasteiger partial charge in [-0.05, 0) is 0 Å². The summed E-state index contributed by atoms with van der Waals surface area (Å²) >= 11 is 5.31. The number of rotatable bonds is 2. The zero-order valence-electron chi connectivity index (χ0n) is 6.17. The van der Waals surface area contributed by atoms with Crippen LogP contribution in [0.2, 0.25) is 5.15 Å². The Hall–Kier alpha value is -1.30. The average Bonchev–Trinajstić information content (AvgIpc) is 2.04. The van der Waals surface area contributed by atoms with Crippen LogP contribution < -0.4 is 5.73 Å². The maximum absolute atomic E-state index is 12.8. The van der Waals surface area contributed by atoms with Gasteiger partial charge in [0.2, 0.25) is 0 Å². The van der Waals surface area contributed by atoms with E-state index < -0.39 is 17.5 Å². The number of alkyl halides is 2. The third kappa shape index (κ3) is 1.89. The normalized spacial score (nSPS) is 11.3. The predicted molar refractivity (Wildman–Crippen MR) is 40.1 cm³/mol. The molecule has 0 fully saturated rings. The number of aromatic nitrogens is 2. The summed E-state index contributed by atoms with van der Waals surface area (Å²) in [6.45, 7) is 0. The van der Waals surface area contributed by atoms with E-state index in [9.17, 15) is 13.6 Å². The molecule has 1 aromatic rings. The standard InChI is InChI=1S/C6H4ClF2N3O/c7-4-2-11-3(1-12-4)6(8,9)5(10)13/h1-2H,(H2,10,13). The largest absolute Gasteiger partial charge is 0.367 e. The zero-order valence-corrected chi connectivity index (χ0v) is 6.92. The topological polar surface area (TPSA) is 68.9 Å². The molecule has 0 aliphatic rings. The molecule has 7 heteroatoms. The number of carbonyl (C=O) groups excluding carboxylic acids is 1. The molecular weight excluding hydrogens is 204 g/mol. The fourth-order valence-corrected chi connectivity index (χ4v) is 0.698. The molecule has 0 saturated carbocycles. The molecule has 70 valence electrons. The Bertz CT molecular complexity index is 327. The Morgan fingerprint density at radius 2 is 2.08 bits per heavy atom. The van der Waals surface area contributed by atoms with E-state index in [0.717, 1.165) is 6.20 Å². The van der Waals surface area contributed by atoms with Crippen molar-refractivity contribution in [2.45, 2.75) is 5.92 Å². The van der Waals surface area contributed by atoms with Gasteiger partial charge in [-0.3, -0.25) is 4.79 Å². The Balaban J connectivity index is 3.08. The highest BCUT2D eigenvalue weighted by Gasteiger charge is 2.40. The van der Waals surface area contributed by atoms with Gasteiger partial charge in [0, 0.05) is 0 Å². The molecule has 0 unspecified atom stereocenters. The molecule has 1 amide bonds. The molecule has 0 radical (unpaired) electrons. The van der Waals surface area contributed by atoms with Gasteiger partial charge in [-0.15, -0.1) is 0 Å². The third-order valence-electron chi connectivity index (χ3n) is 1.25. The summed E-state index contributed by atoms with van der Waals surface area (Å²) in [5.74, 6) is -5.58. The second-order valence-corrected chi connectivity index (χ2v) is 2.55. The van der Waals surface area contributed by atoms with Crippen molar-refractivity contribution in [3.63, 3.8) is 0 Å². The van der Waals surface area contributed by atoms with Crippen LogP contribution in [0.4, 0.5) is 8.78 Å². The molecule has 1 heterocycles. The number of hydrogen-bond acceptors (Lipinski definition) is 3. The first kappa shape index (κ1) is 9.79. The van der Waals surface area contributed by atoms with Crippen molar-refractivity contribution < 1.29 is 13.6 Å². The van der Waals surface area contributed by atoms with E-state index in [1.807, 2.05) is 0 Å². The molecule has 2 N–H and O–H groups in total. The van der Waals surface area contributed by atoms with Gasteiger partial charge < -0.3 is 5.73 Å². The molecule has 0 aliphatic carbocycles. The lowest BCUT2D eigenvalue weighted by atomic mass is 10.2. The van der Waals surface area contributed by atoms with E-state index in [4.69, 9.17) is 11.6 Å². The van der Waals surface area contributed by atoms with Crippen LogP contribution in [0.5, 0.6) is 0 Å². The number of amides is 1. The molecule has 0 aromatic carbocycles. The minimum atomic E-state index is -3.81. The van der Waals surface area contributed by atoms with Gasteiger partial charge >= 0.3 is 5.92 Å². The van der Waals surface area contributed by atoms with Crippen LogP contribution >= 0.6 is 11.6 Å². The van der Waals surface area contributed by atoms with E-state index in [2.05, 4.69) is 15.7 Å². The van der Waals surface area contributed by atoms with Gasteiger partial charge in [0.25, 0.3) is 5.91 Å². The highest BCUT2D eigenvalue weighted by Crippen LogP contribution is 2.24. The van der Waals surface area contributed by atoms with Gasteiger partial charge in [-0.25, -0.2) is 9.97 Å². The number of primary amides is 1. The molecule has 1 rings (SSSR count). The van der Waals surface area contributed by atoms with E-state index in [1.54, 1.807) is 0 Å². The van der Waals surface area contributed by atoms with E-state index in [0.29, 0.717) is 6.20 Å². The van der Waals surface area contributed by atoms with Crippen molar-refractivity contribution in [3.8, 4) is 0 Å². The van der Waals surface area contributed by atoms with Crippen molar-refractivity contribution >= 4 is 17.5 Å². The molecule has 13 heavy (non-hydrogen) atoms. The van der Waals surface area contributed by atoms with Crippen molar-refractivity contribution in [3.05, 3.63) is 23.2 Å². The molecule has 0 atom stereocenters. The van der Waals surface area contributed by atoms with Crippen molar-refractivity contribution in [2.75, 3.05) is 0 Å². The Morgan fingerprint density at radius 1 is 1.46 bits per heavy atom. The summed E-state index contributed by atoms with van der Waals surface area (Å²) in [6.07, 6.45) is 1.61. The lowest BCUT2D eigenvalue weighted by Crippen LogP contribution is -2.33. The minimum Gasteiger partial charge on any atom is -0.364 e. The average molecular weight is 208 g/mol. The summed E-state index contributed by atoms with van der Waals surface area (Å²) in [7, 11) is 0. The first-order valence-electron chi connectivity index (χ1n) is 3.10. The fourth-order valence-electron chi connectivity index (χ4n) is 0.601. The maximum atomic E-state index is 12.8. The van der Waals surface area contributed by atoms with Crippen LogP contribution in [0.3, 0.4) is 0 Å². The molecule has 0 bridgehead atoms. The third-order valence-corrected chi connectivity index (χ3v) is 1.45. The number of hydrogen-bond donors (Lipinski definition) is 1. The monoisotopic (exact) mass is 207 g/mol. The first-order valence-corrected chi connectivity index (χ1v) is 3.48. The number of nitrogens with zero attached hydrogens (tertiary/aromatic N) is 2. The van der Waals surface area contributed by atoms with Crippen molar-refractivity contribution in [1.29, 1.82) is 0 Å². The van der Waals surface area contributed by atoms with Gasteiger partial charge in [0.05, 0.1) is 12.4 Å². The lowest BCUT2D eigenvalue weighted by molar-refractivity contribution is -0.143. The molecular formula is C6H4ClF2N3O. The van der Waals surface area contributed by atoms with Crippen LogP contribution in [-0.2, 0) is 10.7 Å². The Labute approximate surface area is 76.7 Å². The zero-order chi connectivity index (χ0) is 10.1. The van der Waals surface area contributed by atoms with Crippen LogP contribution in [0, 0.1) is 0 Å². The fraction of sp³-hybridized carbons (Fsp3) is 0.167. The number of nitrogens with two attached hydrogens (primary N) is 1. The van der Waals surface area contributed by atoms with Crippen molar-refractivity contribution in [2.24, 2.45) is 5.73 Å². The second-order valence-electron chi connectivity index (χ2n) is 2.16. The number of halogens is 3. The van der Waals surface area contributed by atoms with Gasteiger partial charge in [0.1, 0.15) is 10.8 Å². The summed E-state index contributed by atoms with van der Waals surface area (Å²) in [4.78, 5) is 16.8. The van der Waals surface area contributed by atoms with E-state index >= 15 is 0 Å². The van der Waals surface area contributed by atoms with Crippen LogP contribution in [0.1, 0.15) is 5.69 Å². The van der Waals surface area contributed by atoms with Gasteiger partial charge in [-0.1, -0.05) is 11.6 Å². The molecule has 0 saturated heterocycles.